The third-order valence-electron chi connectivity index (χ3n) is 3.18. The van der Waals surface area contributed by atoms with Gasteiger partial charge in [-0.1, -0.05) is 29.8 Å². The van der Waals surface area contributed by atoms with Gasteiger partial charge in [0.1, 0.15) is 5.82 Å². The first kappa shape index (κ1) is 14.8. The molecule has 0 saturated heterocycles. The Bertz CT molecular complexity index is 586. The Kier molecular flexibility index (Phi) is 4.99. The second kappa shape index (κ2) is 6.73. The van der Waals surface area contributed by atoms with E-state index in [1.807, 2.05) is 42.3 Å². The van der Waals surface area contributed by atoms with Crippen molar-refractivity contribution in [2.75, 3.05) is 18.5 Å². The number of nitrogens with zero attached hydrogens (tertiary/aromatic N) is 1. The lowest BCUT2D eigenvalue weighted by molar-refractivity contribution is 0.624. The van der Waals surface area contributed by atoms with Crippen molar-refractivity contribution in [2.45, 2.75) is 13.0 Å². The normalized spacial score (nSPS) is 10.6. The summed E-state index contributed by atoms with van der Waals surface area (Å²) in [6, 6.07) is 12.7. The largest absolute Gasteiger partial charge is 0.370 e. The summed E-state index contributed by atoms with van der Waals surface area (Å²) in [6.07, 6.45) is 0.671. The smallest absolute Gasteiger partial charge is 0.125 e. The molecule has 0 aliphatic heterocycles. The number of anilines is 1. The number of hydrogen-bond donors (Lipinski definition) is 1. The number of benzene rings is 2. The van der Waals surface area contributed by atoms with Gasteiger partial charge in [0.15, 0.2) is 0 Å². The average Bonchev–Trinajstić information content (AvgIpc) is 2.41. The van der Waals surface area contributed by atoms with E-state index >= 15 is 0 Å². The van der Waals surface area contributed by atoms with Crippen molar-refractivity contribution in [3.8, 4) is 0 Å². The number of halogens is 2. The minimum absolute atomic E-state index is 0.239. The molecule has 0 aliphatic rings. The van der Waals surface area contributed by atoms with Crippen LogP contribution in [0.25, 0.3) is 0 Å². The maximum Gasteiger partial charge on any atom is 0.125 e. The van der Waals surface area contributed by atoms with Crippen molar-refractivity contribution in [3.05, 3.63) is 64.4 Å². The van der Waals surface area contributed by atoms with E-state index in [-0.39, 0.29) is 5.82 Å². The topological polar surface area (TPSA) is 29.3 Å². The van der Waals surface area contributed by atoms with Gasteiger partial charge in [0.25, 0.3) is 0 Å². The molecule has 2 nitrogen and oxygen atoms in total. The van der Waals surface area contributed by atoms with Gasteiger partial charge >= 0.3 is 0 Å². The lowest BCUT2D eigenvalue weighted by Gasteiger charge is -2.21. The summed E-state index contributed by atoms with van der Waals surface area (Å²) in [7, 11) is 1.92. The Morgan fingerprint density at radius 1 is 1.20 bits per heavy atom. The van der Waals surface area contributed by atoms with Crippen LogP contribution in [0.3, 0.4) is 0 Å². The third kappa shape index (κ3) is 3.71. The molecule has 0 fully saturated rings. The molecular weight excluding hydrogens is 275 g/mol. The fraction of sp³-hybridized carbons (Fsp3) is 0.250. The van der Waals surface area contributed by atoms with Gasteiger partial charge in [0.05, 0.1) is 0 Å². The summed E-state index contributed by atoms with van der Waals surface area (Å²) in [4.78, 5) is 1.98. The molecule has 20 heavy (non-hydrogen) atoms. The molecule has 106 valence electrons. The fourth-order valence-electron chi connectivity index (χ4n) is 2.14. The Balaban J connectivity index is 2.20. The van der Waals surface area contributed by atoms with E-state index in [1.165, 1.54) is 12.1 Å². The van der Waals surface area contributed by atoms with Gasteiger partial charge in [0, 0.05) is 24.3 Å². The van der Waals surface area contributed by atoms with E-state index in [2.05, 4.69) is 0 Å². The molecule has 0 aromatic heterocycles. The number of hydrogen-bond acceptors (Lipinski definition) is 2. The molecule has 2 aromatic rings. The summed E-state index contributed by atoms with van der Waals surface area (Å²) in [5, 5.41) is 0.720. The van der Waals surface area contributed by atoms with Gasteiger partial charge in [0.2, 0.25) is 0 Å². The molecule has 2 aromatic carbocycles. The van der Waals surface area contributed by atoms with Crippen molar-refractivity contribution in [1.82, 2.24) is 0 Å². The predicted molar refractivity (Wildman–Crippen MR) is 82.7 cm³/mol. The molecule has 0 radical (unpaired) electrons. The minimum Gasteiger partial charge on any atom is -0.370 e. The van der Waals surface area contributed by atoms with Crippen LogP contribution in [0, 0.1) is 5.82 Å². The highest BCUT2D eigenvalue weighted by Gasteiger charge is 2.08. The van der Waals surface area contributed by atoms with E-state index < -0.39 is 0 Å². The molecule has 2 rings (SSSR count). The molecule has 2 N–H and O–H groups in total. The third-order valence-corrected chi connectivity index (χ3v) is 3.55. The zero-order chi connectivity index (χ0) is 14.5. The molecule has 0 atom stereocenters. The first-order chi connectivity index (χ1) is 9.60. The van der Waals surface area contributed by atoms with E-state index in [0.29, 0.717) is 19.5 Å². The van der Waals surface area contributed by atoms with Crippen molar-refractivity contribution in [1.29, 1.82) is 0 Å². The second-order valence-corrected chi connectivity index (χ2v) is 5.21. The van der Waals surface area contributed by atoms with Crippen LogP contribution in [-0.4, -0.2) is 13.6 Å². The van der Waals surface area contributed by atoms with E-state index in [0.717, 1.165) is 21.8 Å². The van der Waals surface area contributed by atoms with Gasteiger partial charge < -0.3 is 10.6 Å². The van der Waals surface area contributed by atoms with Gasteiger partial charge in [-0.2, -0.15) is 0 Å². The molecule has 0 amide bonds. The fourth-order valence-corrected chi connectivity index (χ4v) is 2.33. The summed E-state index contributed by atoms with van der Waals surface area (Å²) < 4.78 is 13.6. The lowest BCUT2D eigenvalue weighted by Crippen LogP contribution is -2.17. The van der Waals surface area contributed by atoms with Crippen LogP contribution in [0.4, 0.5) is 10.1 Å². The van der Waals surface area contributed by atoms with Gasteiger partial charge in [-0.15, -0.1) is 0 Å². The first-order valence-electron chi connectivity index (χ1n) is 6.54. The number of nitrogens with two attached hydrogens (primary N) is 1. The summed E-state index contributed by atoms with van der Waals surface area (Å²) in [5.74, 6) is -0.239. The maximum atomic E-state index is 13.6. The first-order valence-corrected chi connectivity index (χ1v) is 6.92. The summed E-state index contributed by atoms with van der Waals surface area (Å²) in [5.41, 5.74) is 8.28. The maximum absolute atomic E-state index is 13.6. The van der Waals surface area contributed by atoms with Crippen LogP contribution in [0.2, 0.25) is 5.02 Å². The van der Waals surface area contributed by atoms with Crippen LogP contribution >= 0.6 is 11.6 Å². The average molecular weight is 293 g/mol. The summed E-state index contributed by atoms with van der Waals surface area (Å²) >= 11 is 6.15. The van der Waals surface area contributed by atoms with Crippen LogP contribution in [0.5, 0.6) is 0 Å². The van der Waals surface area contributed by atoms with Gasteiger partial charge in [-0.05, 0) is 48.4 Å². The van der Waals surface area contributed by atoms with Crippen molar-refractivity contribution in [3.63, 3.8) is 0 Å². The Morgan fingerprint density at radius 2 is 1.95 bits per heavy atom. The van der Waals surface area contributed by atoms with Crippen molar-refractivity contribution in [2.24, 2.45) is 5.73 Å². The SMILES string of the molecule is CN(Cc1ccccc1Cl)c1cc(F)cc(CCN)c1. The van der Waals surface area contributed by atoms with E-state index in [1.54, 1.807) is 0 Å². The molecule has 0 saturated carbocycles. The molecule has 0 bridgehead atoms. The van der Waals surface area contributed by atoms with Crippen LogP contribution in [-0.2, 0) is 13.0 Å². The molecule has 0 heterocycles. The molecular formula is C16H18ClFN2. The lowest BCUT2D eigenvalue weighted by atomic mass is 10.1. The standard InChI is InChI=1S/C16H18ClFN2/c1-20(11-13-4-2-3-5-16(13)17)15-9-12(6-7-19)8-14(18)10-15/h2-5,8-10H,6-7,11,19H2,1H3. The Labute approximate surface area is 124 Å². The molecule has 0 aliphatic carbocycles. The monoisotopic (exact) mass is 292 g/mol. The number of rotatable bonds is 5. The molecule has 0 spiro atoms. The Morgan fingerprint density at radius 3 is 2.65 bits per heavy atom. The highest BCUT2D eigenvalue weighted by atomic mass is 35.5. The quantitative estimate of drug-likeness (QED) is 0.912. The zero-order valence-corrected chi connectivity index (χ0v) is 12.2. The van der Waals surface area contributed by atoms with Crippen LogP contribution in [0.1, 0.15) is 11.1 Å². The van der Waals surface area contributed by atoms with Crippen molar-refractivity contribution >= 4 is 17.3 Å². The van der Waals surface area contributed by atoms with Gasteiger partial charge in [-0.25, -0.2) is 4.39 Å². The van der Waals surface area contributed by atoms with E-state index in [9.17, 15) is 4.39 Å². The molecule has 0 unspecified atom stereocenters. The second-order valence-electron chi connectivity index (χ2n) is 4.80. The highest BCUT2D eigenvalue weighted by Crippen LogP contribution is 2.22. The summed E-state index contributed by atoms with van der Waals surface area (Å²) in [6.45, 7) is 1.14. The Hall–Kier alpha value is -1.58. The van der Waals surface area contributed by atoms with Crippen molar-refractivity contribution < 1.29 is 4.39 Å². The highest BCUT2D eigenvalue weighted by molar-refractivity contribution is 6.31. The minimum atomic E-state index is -0.239. The predicted octanol–water partition coefficient (Wildman–Crippen LogP) is 3.62. The van der Waals surface area contributed by atoms with Crippen LogP contribution in [0.15, 0.2) is 42.5 Å². The van der Waals surface area contributed by atoms with E-state index in [4.69, 9.17) is 17.3 Å². The van der Waals surface area contributed by atoms with Crippen LogP contribution < -0.4 is 10.6 Å². The zero-order valence-electron chi connectivity index (χ0n) is 11.4. The van der Waals surface area contributed by atoms with Gasteiger partial charge in [-0.3, -0.25) is 0 Å². The molecule has 4 heteroatoms.